The van der Waals surface area contributed by atoms with Gasteiger partial charge in [0.1, 0.15) is 0 Å². The molecule has 2 aromatic rings. The van der Waals surface area contributed by atoms with Crippen molar-refractivity contribution in [3.8, 4) is 0 Å². The van der Waals surface area contributed by atoms with Gasteiger partial charge in [-0.25, -0.2) is 8.93 Å². The maximum Gasteiger partial charge on any atom is 0.417 e. The number of alkyl halides is 3. The summed E-state index contributed by atoms with van der Waals surface area (Å²) in [5.41, 5.74) is -0.0565. The van der Waals surface area contributed by atoms with Crippen LogP contribution in [0.1, 0.15) is 37.5 Å². The lowest BCUT2D eigenvalue weighted by Crippen LogP contribution is -2.33. The molecule has 0 aromatic heterocycles. The third-order valence-corrected chi connectivity index (χ3v) is 6.78. The zero-order valence-electron chi connectivity index (χ0n) is 15.6. The molecule has 0 fully saturated rings. The number of hydrogen-bond donors (Lipinski definition) is 2. The molecule has 2 rings (SSSR count). The minimum absolute atomic E-state index is 0.0313. The normalized spacial score (nSPS) is 13.6. The molecule has 28 heavy (non-hydrogen) atoms. The highest BCUT2D eigenvalue weighted by atomic mass is 35.5. The summed E-state index contributed by atoms with van der Waals surface area (Å²) >= 11 is 6.85. The summed E-state index contributed by atoms with van der Waals surface area (Å²) in [5, 5.41) is 9.44. The number of rotatable bonds is 6. The van der Waals surface area contributed by atoms with E-state index < -0.39 is 27.5 Å². The highest BCUT2D eigenvalue weighted by Gasteiger charge is 2.35. The van der Waals surface area contributed by atoms with Crippen molar-refractivity contribution >= 4 is 34.3 Å². The first-order valence-corrected chi connectivity index (χ1v) is 10.7. The van der Waals surface area contributed by atoms with Crippen molar-refractivity contribution in [2.24, 2.45) is 0 Å². The Labute approximate surface area is 174 Å². The fourth-order valence-corrected chi connectivity index (χ4v) is 4.45. The first-order valence-electron chi connectivity index (χ1n) is 8.35. The van der Waals surface area contributed by atoms with Crippen LogP contribution in [0, 0.1) is 0 Å². The van der Waals surface area contributed by atoms with Crippen LogP contribution in [0.5, 0.6) is 0 Å². The minimum atomic E-state index is -4.61. The Morgan fingerprint density at radius 1 is 1.14 bits per heavy atom. The summed E-state index contributed by atoms with van der Waals surface area (Å²) in [6, 6.07) is 9.02. The number of hydrogen-bond acceptors (Lipinski definition) is 3. The number of aliphatic hydroxyl groups excluding tert-OH is 1. The minimum Gasteiger partial charge on any atom is -0.392 e. The predicted octanol–water partition coefficient (Wildman–Crippen LogP) is 5.55. The Morgan fingerprint density at radius 3 is 2.36 bits per heavy atom. The van der Waals surface area contributed by atoms with Gasteiger partial charge in [0.2, 0.25) is 0 Å². The van der Waals surface area contributed by atoms with E-state index in [-0.39, 0.29) is 28.6 Å². The average molecular weight is 452 g/mol. The van der Waals surface area contributed by atoms with Crippen molar-refractivity contribution in [3.63, 3.8) is 0 Å². The van der Waals surface area contributed by atoms with Crippen molar-refractivity contribution in [3.05, 3.63) is 58.1 Å². The lowest BCUT2D eigenvalue weighted by molar-refractivity contribution is -0.139. The van der Waals surface area contributed by atoms with Crippen LogP contribution in [0.3, 0.4) is 0 Å². The molecule has 0 aliphatic heterocycles. The van der Waals surface area contributed by atoms with Gasteiger partial charge >= 0.3 is 6.18 Å². The van der Waals surface area contributed by atoms with Gasteiger partial charge in [-0.1, -0.05) is 41.6 Å². The van der Waals surface area contributed by atoms with Gasteiger partial charge in [-0.05, 0) is 50.1 Å². The van der Waals surface area contributed by atoms with E-state index in [1.807, 2.05) is 0 Å². The van der Waals surface area contributed by atoms with Crippen LogP contribution in [0.2, 0.25) is 5.02 Å². The van der Waals surface area contributed by atoms with E-state index in [1.54, 1.807) is 45.0 Å². The first-order chi connectivity index (χ1) is 12.9. The van der Waals surface area contributed by atoms with Gasteiger partial charge in [-0.15, -0.1) is 0 Å². The van der Waals surface area contributed by atoms with Crippen LogP contribution in [-0.2, 0) is 30.3 Å². The zero-order chi connectivity index (χ0) is 21.1. The van der Waals surface area contributed by atoms with Crippen molar-refractivity contribution in [1.29, 1.82) is 0 Å². The van der Waals surface area contributed by atoms with Crippen LogP contribution < -0.4 is 4.72 Å². The molecule has 0 amide bonds. The molecule has 0 heterocycles. The summed E-state index contributed by atoms with van der Waals surface area (Å²) < 4.78 is 55.5. The molecule has 0 bridgehead atoms. The molecular formula is C19H21ClF3NO2S2. The average Bonchev–Trinajstić information content (AvgIpc) is 2.59. The quantitative estimate of drug-likeness (QED) is 0.605. The van der Waals surface area contributed by atoms with Crippen molar-refractivity contribution in [2.75, 3.05) is 0 Å². The molecule has 154 valence electrons. The van der Waals surface area contributed by atoms with Crippen molar-refractivity contribution in [2.45, 2.75) is 54.6 Å². The van der Waals surface area contributed by atoms with Crippen molar-refractivity contribution < 1.29 is 22.5 Å². The van der Waals surface area contributed by atoms with Gasteiger partial charge in [0.15, 0.2) is 0 Å². The summed E-state index contributed by atoms with van der Waals surface area (Å²) in [4.78, 5) is 0.479. The smallest absolute Gasteiger partial charge is 0.392 e. The summed E-state index contributed by atoms with van der Waals surface area (Å²) in [7, 11) is -1.46. The van der Waals surface area contributed by atoms with Crippen molar-refractivity contribution in [1.82, 2.24) is 4.72 Å². The SMILES string of the molecule is CC(C)(C)S(=O)NCc1cc(Cl)cc(C(F)(F)F)c1Sc1ccccc1CO. The molecular weight excluding hydrogens is 431 g/mol. The number of halogens is 4. The molecule has 3 nitrogen and oxygen atoms in total. The fourth-order valence-electron chi connectivity index (χ4n) is 2.32. The van der Waals surface area contributed by atoms with Gasteiger partial charge in [0, 0.05) is 21.4 Å². The number of aliphatic hydroxyl groups is 1. The third-order valence-electron chi connectivity index (χ3n) is 3.74. The van der Waals surface area contributed by atoms with E-state index in [2.05, 4.69) is 4.72 Å². The Hall–Kier alpha value is -1.06. The van der Waals surface area contributed by atoms with Gasteiger partial charge < -0.3 is 5.11 Å². The van der Waals surface area contributed by atoms with Gasteiger partial charge in [0.05, 0.1) is 27.9 Å². The maximum absolute atomic E-state index is 13.7. The molecule has 2 N–H and O–H groups in total. The van der Waals surface area contributed by atoms with Crippen LogP contribution in [0.15, 0.2) is 46.2 Å². The van der Waals surface area contributed by atoms with Crippen LogP contribution in [0.25, 0.3) is 0 Å². The zero-order valence-corrected chi connectivity index (χ0v) is 18.0. The standard InChI is InChI=1S/C19H21ClF3NO2S2/c1-18(2,3)28(26)24-10-13-8-14(20)9-15(19(21,22)23)17(13)27-16-7-5-4-6-12(16)11-25/h4-9,24-25H,10-11H2,1-3H3. The van der Waals surface area contributed by atoms with Gasteiger partial charge in [-0.3, -0.25) is 0 Å². The topological polar surface area (TPSA) is 49.3 Å². The van der Waals surface area contributed by atoms with E-state index in [0.717, 1.165) is 17.8 Å². The number of benzene rings is 2. The highest BCUT2D eigenvalue weighted by Crippen LogP contribution is 2.43. The van der Waals surface area contributed by atoms with Gasteiger partial charge in [-0.2, -0.15) is 13.2 Å². The lowest BCUT2D eigenvalue weighted by Gasteiger charge is -2.21. The van der Waals surface area contributed by atoms with E-state index in [1.165, 1.54) is 6.07 Å². The van der Waals surface area contributed by atoms with Crippen LogP contribution >= 0.6 is 23.4 Å². The Bertz CT molecular complexity index is 867. The van der Waals surface area contributed by atoms with Crippen LogP contribution in [-0.4, -0.2) is 14.1 Å². The molecule has 9 heteroatoms. The molecule has 0 saturated heterocycles. The second-order valence-corrected chi connectivity index (χ2v) is 10.5. The monoisotopic (exact) mass is 451 g/mol. The molecule has 0 spiro atoms. The van der Waals surface area contributed by atoms with E-state index in [0.29, 0.717) is 10.5 Å². The van der Waals surface area contributed by atoms with E-state index >= 15 is 0 Å². The summed E-state index contributed by atoms with van der Waals surface area (Å²) in [6.07, 6.45) is -4.61. The van der Waals surface area contributed by atoms with E-state index in [9.17, 15) is 22.5 Å². The summed E-state index contributed by atoms with van der Waals surface area (Å²) in [6.45, 7) is 4.96. The molecule has 2 aromatic carbocycles. The first kappa shape index (κ1) is 23.2. The Morgan fingerprint density at radius 2 is 1.79 bits per heavy atom. The van der Waals surface area contributed by atoms with Gasteiger partial charge in [0.25, 0.3) is 0 Å². The van der Waals surface area contributed by atoms with E-state index in [4.69, 9.17) is 11.6 Å². The highest BCUT2D eigenvalue weighted by molar-refractivity contribution is 7.99. The molecule has 1 atom stereocenters. The molecule has 0 aliphatic carbocycles. The maximum atomic E-state index is 13.7. The molecule has 0 aliphatic rings. The predicted molar refractivity (Wildman–Crippen MR) is 108 cm³/mol. The Kier molecular flexibility index (Phi) is 7.61. The third kappa shape index (κ3) is 5.97. The van der Waals surface area contributed by atoms with Crippen LogP contribution in [0.4, 0.5) is 13.2 Å². The molecule has 0 radical (unpaired) electrons. The summed E-state index contributed by atoms with van der Waals surface area (Å²) in [5.74, 6) is 0. The second-order valence-electron chi connectivity index (χ2n) is 7.01. The molecule has 1 unspecified atom stereocenters. The lowest BCUT2D eigenvalue weighted by atomic mass is 10.1. The second kappa shape index (κ2) is 9.17. The molecule has 0 saturated carbocycles. The Balaban J connectivity index is 2.52. The largest absolute Gasteiger partial charge is 0.417 e. The number of nitrogens with one attached hydrogen (secondary N) is 1. The fraction of sp³-hybridized carbons (Fsp3) is 0.368.